The molecule has 0 aromatic carbocycles. The molecule has 5 heteroatoms. The molecule has 0 spiro atoms. The lowest BCUT2D eigenvalue weighted by Crippen LogP contribution is -2.38. The predicted molar refractivity (Wildman–Crippen MR) is 56.6 cm³/mol. The first-order valence-electron chi connectivity index (χ1n) is 4.07. The molecule has 0 aliphatic carbocycles. The van der Waals surface area contributed by atoms with Crippen molar-refractivity contribution >= 4 is 18.7 Å². The van der Waals surface area contributed by atoms with Crippen LogP contribution in [0.2, 0.25) is 0 Å². The molecule has 0 aromatic rings. The van der Waals surface area contributed by atoms with Crippen LogP contribution in [0.5, 0.6) is 0 Å². The van der Waals surface area contributed by atoms with E-state index in [0.29, 0.717) is 0 Å². The molecule has 0 amide bonds. The van der Waals surface area contributed by atoms with E-state index in [1.54, 1.807) is 41.5 Å². The molecule has 0 heterocycles. The molecular weight excluding hydrogens is 208 g/mol. The average Bonchev–Trinajstić information content (AvgIpc) is 1.81. The van der Waals surface area contributed by atoms with Gasteiger partial charge >= 0.3 is 0 Å². The zero-order valence-corrected chi connectivity index (χ0v) is 10.7. The molecule has 0 bridgehead atoms. The third kappa shape index (κ3) is 2.77. The van der Waals surface area contributed by atoms with Crippen LogP contribution in [0.15, 0.2) is 0 Å². The molecule has 80 valence electrons. The van der Waals surface area contributed by atoms with Crippen molar-refractivity contribution < 1.29 is 12.6 Å². The maximum atomic E-state index is 11.7. The zero-order chi connectivity index (χ0) is 11.1. The van der Waals surface area contributed by atoms with Crippen molar-refractivity contribution in [2.45, 2.75) is 51.0 Å². The van der Waals surface area contributed by atoms with E-state index in [1.165, 1.54) is 0 Å². The van der Waals surface area contributed by atoms with Gasteiger partial charge in [0.15, 0.2) is 0 Å². The van der Waals surface area contributed by atoms with Crippen LogP contribution in [0, 0.1) is 0 Å². The molecule has 0 rings (SSSR count). The zero-order valence-electron chi connectivity index (χ0n) is 9.04. The quantitative estimate of drug-likeness (QED) is 0.639. The van der Waals surface area contributed by atoms with Gasteiger partial charge in [0, 0.05) is 0 Å². The van der Waals surface area contributed by atoms with E-state index >= 15 is 0 Å². The Morgan fingerprint density at radius 1 is 0.923 bits per heavy atom. The van der Waals surface area contributed by atoms with Crippen LogP contribution in [0.4, 0.5) is 0 Å². The van der Waals surface area contributed by atoms with E-state index in [4.69, 9.17) is 0 Å². The highest BCUT2D eigenvalue weighted by atomic mass is 33.2. The van der Waals surface area contributed by atoms with E-state index in [2.05, 4.69) is 0 Å². The van der Waals surface area contributed by atoms with Gasteiger partial charge in [-0.3, -0.25) is 0 Å². The molecule has 13 heavy (non-hydrogen) atoms. The summed E-state index contributed by atoms with van der Waals surface area (Å²) in [6.07, 6.45) is 0. The molecule has 0 saturated carbocycles. The Balaban J connectivity index is 5.25. The maximum Gasteiger partial charge on any atom is 0.234 e. The first-order valence-corrected chi connectivity index (χ1v) is 7.22. The summed E-state index contributed by atoms with van der Waals surface area (Å²) in [6.45, 7) is 9.66. The Labute approximate surface area is 82.7 Å². The SMILES string of the molecule is CC(C)(C)S(=O)S(=O)(=O)C(C)(C)C. The molecule has 0 aliphatic rings. The van der Waals surface area contributed by atoms with Crippen molar-refractivity contribution in [2.24, 2.45) is 0 Å². The van der Waals surface area contributed by atoms with Crippen LogP contribution in [0.25, 0.3) is 0 Å². The smallest absolute Gasteiger partial charge is 0.234 e. The van der Waals surface area contributed by atoms with Gasteiger partial charge in [0.1, 0.15) is 9.83 Å². The summed E-state index contributed by atoms with van der Waals surface area (Å²) in [7, 11) is -5.41. The second kappa shape index (κ2) is 3.35. The Bertz CT molecular complexity index is 301. The van der Waals surface area contributed by atoms with Gasteiger partial charge in [0.25, 0.3) is 0 Å². The Hall–Kier alpha value is 0.1000. The van der Waals surface area contributed by atoms with Crippen molar-refractivity contribution in [3.8, 4) is 0 Å². The van der Waals surface area contributed by atoms with Crippen molar-refractivity contribution in [2.75, 3.05) is 0 Å². The van der Waals surface area contributed by atoms with E-state index in [-0.39, 0.29) is 0 Å². The van der Waals surface area contributed by atoms with Crippen LogP contribution >= 0.6 is 0 Å². The van der Waals surface area contributed by atoms with Crippen molar-refractivity contribution in [3.63, 3.8) is 0 Å². The van der Waals surface area contributed by atoms with Gasteiger partial charge in [0.05, 0.1) is 9.49 Å². The van der Waals surface area contributed by atoms with Gasteiger partial charge in [-0.1, -0.05) is 0 Å². The van der Waals surface area contributed by atoms with E-state index in [1.807, 2.05) is 0 Å². The monoisotopic (exact) mass is 226 g/mol. The second-order valence-corrected chi connectivity index (χ2v) is 11.0. The molecule has 1 atom stereocenters. The largest absolute Gasteiger partial charge is 0.242 e. The molecule has 0 radical (unpaired) electrons. The summed E-state index contributed by atoms with van der Waals surface area (Å²) in [4.78, 5) is 0. The Morgan fingerprint density at radius 2 is 1.23 bits per heavy atom. The standard InChI is InChI=1S/C8H18O3S2/c1-7(2,3)12(9)13(10,11)8(4,5)6/h1-6H3. The summed E-state index contributed by atoms with van der Waals surface area (Å²) in [5.74, 6) is 0. The van der Waals surface area contributed by atoms with E-state index < -0.39 is 28.2 Å². The van der Waals surface area contributed by atoms with Gasteiger partial charge < -0.3 is 0 Å². The maximum absolute atomic E-state index is 11.7. The first kappa shape index (κ1) is 13.1. The molecule has 0 aliphatic heterocycles. The number of hydrogen-bond acceptors (Lipinski definition) is 3. The van der Waals surface area contributed by atoms with Crippen molar-refractivity contribution in [3.05, 3.63) is 0 Å². The van der Waals surface area contributed by atoms with Crippen LogP contribution in [0.1, 0.15) is 41.5 Å². The van der Waals surface area contributed by atoms with Crippen molar-refractivity contribution in [1.82, 2.24) is 0 Å². The molecule has 0 aromatic heterocycles. The summed E-state index contributed by atoms with van der Waals surface area (Å²) >= 11 is 0. The van der Waals surface area contributed by atoms with E-state index in [0.717, 1.165) is 0 Å². The molecule has 0 N–H and O–H groups in total. The van der Waals surface area contributed by atoms with Crippen LogP contribution in [0.3, 0.4) is 0 Å². The highest BCUT2D eigenvalue weighted by Crippen LogP contribution is 2.26. The van der Waals surface area contributed by atoms with Crippen LogP contribution < -0.4 is 0 Å². The third-order valence-corrected chi connectivity index (χ3v) is 8.54. The molecule has 0 fully saturated rings. The van der Waals surface area contributed by atoms with Gasteiger partial charge in [0.2, 0.25) is 8.87 Å². The normalized spacial score (nSPS) is 17.1. The Kier molecular flexibility index (Phi) is 3.37. The van der Waals surface area contributed by atoms with Gasteiger partial charge in [-0.2, -0.15) is 0 Å². The summed E-state index contributed by atoms with van der Waals surface area (Å²) < 4.78 is 33.4. The average molecular weight is 226 g/mol. The molecule has 3 nitrogen and oxygen atoms in total. The second-order valence-electron chi connectivity index (χ2n) is 4.91. The summed E-state index contributed by atoms with van der Waals surface area (Å²) in [5.41, 5.74) is 0. The topological polar surface area (TPSA) is 51.2 Å². The summed E-state index contributed by atoms with van der Waals surface area (Å²) in [6, 6.07) is 0. The van der Waals surface area contributed by atoms with Crippen LogP contribution in [-0.4, -0.2) is 22.1 Å². The number of hydrogen-bond donors (Lipinski definition) is 0. The minimum atomic E-state index is -3.56. The third-order valence-electron chi connectivity index (χ3n) is 1.45. The number of rotatable bonds is 1. The lowest BCUT2D eigenvalue weighted by Gasteiger charge is -2.24. The van der Waals surface area contributed by atoms with Crippen LogP contribution in [-0.2, 0) is 18.7 Å². The first-order chi connectivity index (χ1) is 5.40. The van der Waals surface area contributed by atoms with Gasteiger partial charge in [-0.15, -0.1) is 0 Å². The fraction of sp³-hybridized carbons (Fsp3) is 1.00. The predicted octanol–water partition coefficient (Wildman–Crippen LogP) is 1.66. The van der Waals surface area contributed by atoms with Gasteiger partial charge in [-0.05, 0) is 41.5 Å². The van der Waals surface area contributed by atoms with Gasteiger partial charge in [-0.25, -0.2) is 12.6 Å². The highest BCUT2D eigenvalue weighted by Gasteiger charge is 2.40. The molecule has 1 unspecified atom stereocenters. The lowest BCUT2D eigenvalue weighted by atomic mass is 10.3. The lowest BCUT2D eigenvalue weighted by molar-refractivity contribution is 0.569. The Morgan fingerprint density at radius 3 is 1.31 bits per heavy atom. The molecular formula is C8H18O3S2. The molecule has 0 saturated heterocycles. The fourth-order valence-electron chi connectivity index (χ4n) is 0.556. The van der Waals surface area contributed by atoms with Crippen molar-refractivity contribution in [1.29, 1.82) is 0 Å². The summed E-state index contributed by atoms with van der Waals surface area (Å²) in [5, 5.41) is 0. The minimum absolute atomic E-state index is 0.716. The fourth-order valence-corrected chi connectivity index (χ4v) is 5.01. The highest BCUT2D eigenvalue weighted by molar-refractivity contribution is 8.65. The minimum Gasteiger partial charge on any atom is -0.242 e. The van der Waals surface area contributed by atoms with E-state index in [9.17, 15) is 12.6 Å².